The van der Waals surface area contributed by atoms with Gasteiger partial charge < -0.3 is 15.5 Å². The van der Waals surface area contributed by atoms with Crippen molar-refractivity contribution in [2.24, 2.45) is 5.92 Å². The van der Waals surface area contributed by atoms with Crippen LogP contribution in [0.2, 0.25) is 0 Å². The van der Waals surface area contributed by atoms with Crippen LogP contribution in [-0.4, -0.2) is 24.0 Å². The van der Waals surface area contributed by atoms with Crippen molar-refractivity contribution in [1.29, 1.82) is 0 Å². The number of nitrogens with zero attached hydrogens (tertiary/aromatic N) is 2. The molecule has 0 atom stereocenters. The fourth-order valence-corrected chi connectivity index (χ4v) is 3.17. The van der Waals surface area contributed by atoms with Gasteiger partial charge in [0.25, 0.3) is 0 Å². The number of anilines is 4. The molecule has 0 radical (unpaired) electrons. The van der Waals surface area contributed by atoms with Gasteiger partial charge in [0.15, 0.2) is 0 Å². The van der Waals surface area contributed by atoms with Gasteiger partial charge in [-0.25, -0.2) is 4.98 Å². The maximum absolute atomic E-state index is 12.0. The molecular formula is C21H28N4O. The van der Waals surface area contributed by atoms with E-state index in [1.165, 1.54) is 11.3 Å². The summed E-state index contributed by atoms with van der Waals surface area (Å²) in [4.78, 5) is 18.7. The lowest BCUT2D eigenvalue weighted by Crippen LogP contribution is -2.28. The first-order valence-electron chi connectivity index (χ1n) is 9.50. The zero-order valence-electron chi connectivity index (χ0n) is 15.9. The molecule has 2 aromatic rings. The second-order valence-electron chi connectivity index (χ2n) is 6.85. The van der Waals surface area contributed by atoms with Crippen LogP contribution in [0.1, 0.15) is 38.7 Å². The molecule has 1 fully saturated rings. The van der Waals surface area contributed by atoms with Crippen LogP contribution in [0.15, 0.2) is 36.5 Å². The Morgan fingerprint density at radius 2 is 1.96 bits per heavy atom. The zero-order chi connectivity index (χ0) is 18.5. The fourth-order valence-electron chi connectivity index (χ4n) is 3.17. The minimum absolute atomic E-state index is 0.0901. The molecule has 0 saturated heterocycles. The van der Waals surface area contributed by atoms with Gasteiger partial charge in [-0.3, -0.25) is 4.79 Å². The van der Waals surface area contributed by atoms with Gasteiger partial charge in [-0.1, -0.05) is 6.42 Å². The molecule has 1 aliphatic carbocycles. The van der Waals surface area contributed by atoms with E-state index in [9.17, 15) is 4.79 Å². The average Bonchev–Trinajstić information content (AvgIpc) is 2.58. The first-order chi connectivity index (χ1) is 12.6. The molecule has 0 spiro atoms. The van der Waals surface area contributed by atoms with Crippen molar-refractivity contribution >= 4 is 28.8 Å². The van der Waals surface area contributed by atoms with E-state index in [-0.39, 0.29) is 11.8 Å². The molecule has 5 heteroatoms. The molecule has 0 bridgehead atoms. The van der Waals surface area contributed by atoms with Crippen molar-refractivity contribution in [3.05, 3.63) is 42.1 Å². The lowest BCUT2D eigenvalue weighted by atomic mass is 9.85. The number of aryl methyl sites for hydroxylation is 1. The third-order valence-electron chi connectivity index (χ3n) is 5.11. The van der Waals surface area contributed by atoms with Crippen LogP contribution in [0.5, 0.6) is 0 Å². The molecule has 1 aromatic carbocycles. The number of aromatic nitrogens is 1. The van der Waals surface area contributed by atoms with E-state index >= 15 is 0 Å². The van der Waals surface area contributed by atoms with Gasteiger partial charge in [0.1, 0.15) is 5.82 Å². The first kappa shape index (κ1) is 18.2. The summed E-state index contributed by atoms with van der Waals surface area (Å²) in [6.07, 6.45) is 4.90. The minimum atomic E-state index is 0.0901. The van der Waals surface area contributed by atoms with E-state index < -0.39 is 0 Å². The number of nitrogens with one attached hydrogen (secondary N) is 2. The number of rotatable bonds is 7. The third-order valence-corrected chi connectivity index (χ3v) is 5.11. The van der Waals surface area contributed by atoms with Crippen LogP contribution in [-0.2, 0) is 4.79 Å². The largest absolute Gasteiger partial charge is 0.372 e. The van der Waals surface area contributed by atoms with Gasteiger partial charge in [0.2, 0.25) is 5.91 Å². The summed E-state index contributed by atoms with van der Waals surface area (Å²) in [6.45, 7) is 8.45. The Morgan fingerprint density at radius 1 is 1.19 bits per heavy atom. The van der Waals surface area contributed by atoms with Crippen LogP contribution in [0, 0.1) is 12.8 Å². The Balaban J connectivity index is 1.64. The molecule has 2 N–H and O–H groups in total. The molecule has 0 aliphatic heterocycles. The van der Waals surface area contributed by atoms with Gasteiger partial charge >= 0.3 is 0 Å². The molecule has 1 saturated carbocycles. The van der Waals surface area contributed by atoms with Gasteiger partial charge in [-0.05, 0) is 69.5 Å². The van der Waals surface area contributed by atoms with Gasteiger partial charge in [-0.2, -0.15) is 0 Å². The summed E-state index contributed by atoms with van der Waals surface area (Å²) in [6, 6.07) is 10.2. The van der Waals surface area contributed by atoms with E-state index in [2.05, 4.69) is 59.5 Å². The Bertz CT molecular complexity index is 749. The standard InChI is InChI=1S/C21H28N4O/c1-4-25(5-2)18-10-11-19(15(3)13-18)23-17-9-12-20(22-14-17)24-21(26)16-7-6-8-16/h9-14,16,23H,4-8H2,1-3H3,(H,22,24,26). The molecule has 3 rings (SSSR count). The van der Waals surface area contributed by atoms with Crippen LogP contribution >= 0.6 is 0 Å². The second kappa shape index (κ2) is 8.21. The van der Waals surface area contributed by atoms with Crippen LogP contribution < -0.4 is 15.5 Å². The third kappa shape index (κ3) is 4.15. The van der Waals surface area contributed by atoms with E-state index in [0.717, 1.165) is 43.7 Å². The predicted octanol–water partition coefficient (Wildman–Crippen LogP) is 4.72. The highest BCUT2D eigenvalue weighted by Crippen LogP contribution is 2.28. The van der Waals surface area contributed by atoms with Crippen molar-refractivity contribution in [3.63, 3.8) is 0 Å². The van der Waals surface area contributed by atoms with E-state index in [4.69, 9.17) is 0 Å². The minimum Gasteiger partial charge on any atom is -0.372 e. The quantitative estimate of drug-likeness (QED) is 0.757. The first-order valence-corrected chi connectivity index (χ1v) is 9.50. The number of hydrogen-bond acceptors (Lipinski definition) is 4. The Kier molecular flexibility index (Phi) is 5.76. The number of hydrogen-bond donors (Lipinski definition) is 2. The normalized spacial score (nSPS) is 13.8. The van der Waals surface area contributed by atoms with Crippen molar-refractivity contribution in [1.82, 2.24) is 4.98 Å². The predicted molar refractivity (Wildman–Crippen MR) is 108 cm³/mol. The van der Waals surface area contributed by atoms with Crippen LogP contribution in [0.25, 0.3) is 0 Å². The zero-order valence-corrected chi connectivity index (χ0v) is 15.9. The molecule has 26 heavy (non-hydrogen) atoms. The molecule has 1 amide bonds. The molecule has 138 valence electrons. The summed E-state index contributed by atoms with van der Waals surface area (Å²) in [7, 11) is 0. The summed E-state index contributed by atoms with van der Waals surface area (Å²) in [5.74, 6) is 0.870. The Hall–Kier alpha value is -2.56. The van der Waals surface area contributed by atoms with Crippen molar-refractivity contribution in [3.8, 4) is 0 Å². The second-order valence-corrected chi connectivity index (χ2v) is 6.85. The molecule has 5 nitrogen and oxygen atoms in total. The summed E-state index contributed by atoms with van der Waals surface area (Å²) in [5.41, 5.74) is 4.40. The summed E-state index contributed by atoms with van der Waals surface area (Å²) in [5, 5.41) is 6.30. The lowest BCUT2D eigenvalue weighted by Gasteiger charge is -2.23. The van der Waals surface area contributed by atoms with Crippen molar-refractivity contribution in [2.75, 3.05) is 28.6 Å². The summed E-state index contributed by atoms with van der Waals surface area (Å²) >= 11 is 0. The summed E-state index contributed by atoms with van der Waals surface area (Å²) < 4.78 is 0. The van der Waals surface area contributed by atoms with Crippen LogP contribution in [0.3, 0.4) is 0 Å². The van der Waals surface area contributed by atoms with Crippen LogP contribution in [0.4, 0.5) is 22.9 Å². The van der Waals surface area contributed by atoms with E-state index in [0.29, 0.717) is 5.82 Å². The fraction of sp³-hybridized carbons (Fsp3) is 0.429. The SMILES string of the molecule is CCN(CC)c1ccc(Nc2ccc(NC(=O)C3CCC3)nc2)c(C)c1. The topological polar surface area (TPSA) is 57.3 Å². The number of carbonyl (C=O) groups excluding carboxylic acids is 1. The van der Waals surface area contributed by atoms with Crippen molar-refractivity contribution < 1.29 is 4.79 Å². The lowest BCUT2D eigenvalue weighted by molar-refractivity contribution is -0.122. The Labute approximate surface area is 155 Å². The number of benzene rings is 1. The molecule has 1 aromatic heterocycles. The molecular weight excluding hydrogens is 324 g/mol. The monoisotopic (exact) mass is 352 g/mol. The Morgan fingerprint density at radius 3 is 2.50 bits per heavy atom. The maximum Gasteiger partial charge on any atom is 0.228 e. The maximum atomic E-state index is 12.0. The van der Waals surface area contributed by atoms with Gasteiger partial charge in [-0.15, -0.1) is 0 Å². The highest BCUT2D eigenvalue weighted by Gasteiger charge is 2.25. The van der Waals surface area contributed by atoms with Gasteiger partial charge in [0, 0.05) is 30.4 Å². The number of amides is 1. The molecule has 0 unspecified atom stereocenters. The highest BCUT2D eigenvalue weighted by molar-refractivity contribution is 5.92. The molecule has 1 heterocycles. The number of pyridine rings is 1. The molecule has 1 aliphatic rings. The van der Waals surface area contributed by atoms with Gasteiger partial charge in [0.05, 0.1) is 11.9 Å². The van der Waals surface area contributed by atoms with Crippen molar-refractivity contribution in [2.45, 2.75) is 40.0 Å². The average molecular weight is 352 g/mol. The number of carbonyl (C=O) groups is 1. The van der Waals surface area contributed by atoms with E-state index in [1.807, 2.05) is 12.1 Å². The smallest absolute Gasteiger partial charge is 0.228 e. The van der Waals surface area contributed by atoms with E-state index in [1.54, 1.807) is 6.20 Å². The highest BCUT2D eigenvalue weighted by atomic mass is 16.2.